The maximum atomic E-state index is 12.3. The molecule has 21 heavy (non-hydrogen) atoms. The zero-order valence-electron chi connectivity index (χ0n) is 12.6. The molecule has 5 heteroatoms. The Balaban J connectivity index is 1.68. The highest BCUT2D eigenvalue weighted by Crippen LogP contribution is 2.20. The average Bonchev–Trinajstić information content (AvgIpc) is 3.05. The summed E-state index contributed by atoms with van der Waals surface area (Å²) in [5, 5.41) is 6.59. The third-order valence-corrected chi connectivity index (χ3v) is 4.74. The summed E-state index contributed by atoms with van der Waals surface area (Å²) in [6, 6.07) is 2.23. The molecule has 0 aliphatic carbocycles. The molecule has 0 bridgehead atoms. The van der Waals surface area contributed by atoms with Gasteiger partial charge in [-0.05, 0) is 43.6 Å². The van der Waals surface area contributed by atoms with E-state index in [1.165, 1.54) is 17.8 Å². The van der Waals surface area contributed by atoms with Crippen LogP contribution in [0, 0.1) is 0 Å². The largest absolute Gasteiger partial charge is 0.352 e. The van der Waals surface area contributed by atoms with Crippen molar-refractivity contribution in [2.45, 2.75) is 51.5 Å². The van der Waals surface area contributed by atoms with Gasteiger partial charge in [-0.25, -0.2) is 0 Å². The van der Waals surface area contributed by atoms with Gasteiger partial charge in [0, 0.05) is 36.5 Å². The highest BCUT2D eigenvalue weighted by Gasteiger charge is 2.24. The number of carbonyl (C=O) groups is 2. The molecular weight excluding hydrogens is 284 g/mol. The highest BCUT2D eigenvalue weighted by molar-refractivity contribution is 7.08. The maximum absolute atomic E-state index is 12.3. The monoisotopic (exact) mass is 308 g/mol. The predicted molar refractivity (Wildman–Crippen MR) is 85.5 cm³/mol. The molecule has 1 fully saturated rings. The van der Waals surface area contributed by atoms with Gasteiger partial charge in [-0.1, -0.05) is 6.92 Å². The first-order chi connectivity index (χ1) is 10.2. The molecule has 1 aromatic heterocycles. The molecule has 1 saturated heterocycles. The number of likely N-dealkylation sites (tertiary alicyclic amines) is 1. The van der Waals surface area contributed by atoms with E-state index in [1.807, 2.05) is 21.7 Å². The second-order valence-corrected chi connectivity index (χ2v) is 6.30. The molecule has 1 aromatic rings. The van der Waals surface area contributed by atoms with Crippen molar-refractivity contribution in [3.63, 3.8) is 0 Å². The Hall–Kier alpha value is -1.36. The first-order valence-electron chi connectivity index (χ1n) is 7.82. The van der Waals surface area contributed by atoms with Gasteiger partial charge in [0.1, 0.15) is 0 Å². The fourth-order valence-corrected chi connectivity index (χ4v) is 3.47. The Labute approximate surface area is 130 Å². The van der Waals surface area contributed by atoms with E-state index in [0.717, 1.165) is 25.8 Å². The summed E-state index contributed by atoms with van der Waals surface area (Å²) in [6.45, 7) is 3.61. The number of rotatable bonds is 6. The van der Waals surface area contributed by atoms with Crippen molar-refractivity contribution in [1.29, 1.82) is 0 Å². The molecule has 0 spiro atoms. The molecule has 2 amide bonds. The summed E-state index contributed by atoms with van der Waals surface area (Å²) in [4.78, 5) is 26.1. The van der Waals surface area contributed by atoms with E-state index < -0.39 is 0 Å². The molecule has 0 radical (unpaired) electrons. The van der Waals surface area contributed by atoms with Gasteiger partial charge >= 0.3 is 0 Å². The van der Waals surface area contributed by atoms with Crippen molar-refractivity contribution in [1.82, 2.24) is 10.2 Å². The van der Waals surface area contributed by atoms with Gasteiger partial charge in [0.15, 0.2) is 0 Å². The second kappa shape index (κ2) is 8.17. The Morgan fingerprint density at radius 1 is 1.43 bits per heavy atom. The summed E-state index contributed by atoms with van der Waals surface area (Å²) in [6.07, 6.45) is 5.77. The maximum Gasteiger partial charge on any atom is 0.252 e. The Morgan fingerprint density at radius 3 is 3.00 bits per heavy atom. The lowest BCUT2D eigenvalue weighted by molar-refractivity contribution is -0.135. The number of nitrogens with zero attached hydrogens (tertiary/aromatic N) is 1. The molecule has 2 rings (SSSR count). The highest BCUT2D eigenvalue weighted by atomic mass is 32.1. The van der Waals surface area contributed by atoms with Gasteiger partial charge in [0.25, 0.3) is 5.91 Å². The van der Waals surface area contributed by atoms with Crippen molar-refractivity contribution in [3.8, 4) is 0 Å². The van der Waals surface area contributed by atoms with Crippen molar-refractivity contribution in [2.24, 2.45) is 0 Å². The van der Waals surface area contributed by atoms with E-state index >= 15 is 0 Å². The lowest BCUT2D eigenvalue weighted by Gasteiger charge is -2.35. The normalized spacial score (nSPS) is 18.5. The molecule has 116 valence electrons. The van der Waals surface area contributed by atoms with Crippen LogP contribution in [0.1, 0.15) is 55.8 Å². The van der Waals surface area contributed by atoms with Crippen LogP contribution in [0.3, 0.4) is 0 Å². The van der Waals surface area contributed by atoms with Crippen LogP contribution >= 0.6 is 11.3 Å². The van der Waals surface area contributed by atoms with Gasteiger partial charge in [0.2, 0.25) is 5.91 Å². The summed E-state index contributed by atoms with van der Waals surface area (Å²) in [7, 11) is 0. The smallest absolute Gasteiger partial charge is 0.252 e. The van der Waals surface area contributed by atoms with E-state index in [1.54, 1.807) is 0 Å². The number of piperidine rings is 1. The number of amides is 2. The fourth-order valence-electron chi connectivity index (χ4n) is 2.83. The minimum atomic E-state index is -0.0480. The van der Waals surface area contributed by atoms with E-state index in [2.05, 4.69) is 12.2 Å². The first kappa shape index (κ1) is 16.0. The first-order valence-corrected chi connectivity index (χ1v) is 8.76. The van der Waals surface area contributed by atoms with Gasteiger partial charge in [-0.3, -0.25) is 9.59 Å². The molecule has 1 aliphatic heterocycles. The van der Waals surface area contributed by atoms with Gasteiger partial charge in [0.05, 0.1) is 0 Å². The van der Waals surface area contributed by atoms with E-state index in [-0.39, 0.29) is 11.8 Å². The minimum absolute atomic E-state index is 0.0480. The number of thiophene rings is 1. The van der Waals surface area contributed by atoms with Crippen molar-refractivity contribution in [3.05, 3.63) is 22.4 Å². The van der Waals surface area contributed by atoms with Crippen molar-refractivity contribution < 1.29 is 9.59 Å². The molecule has 0 aromatic carbocycles. The van der Waals surface area contributed by atoms with E-state index in [4.69, 9.17) is 0 Å². The van der Waals surface area contributed by atoms with Gasteiger partial charge < -0.3 is 10.2 Å². The van der Waals surface area contributed by atoms with Crippen LogP contribution in [-0.2, 0) is 4.79 Å². The predicted octanol–water partition coefficient (Wildman–Crippen LogP) is 3.05. The molecule has 1 aliphatic rings. The number of carbonyl (C=O) groups excluding carboxylic acids is 2. The molecule has 1 N–H and O–H groups in total. The Bertz CT molecular complexity index is 459. The Morgan fingerprint density at radius 2 is 2.29 bits per heavy atom. The van der Waals surface area contributed by atoms with E-state index in [9.17, 15) is 9.59 Å². The number of hydrogen-bond acceptors (Lipinski definition) is 3. The van der Waals surface area contributed by atoms with Crippen molar-refractivity contribution >= 4 is 23.2 Å². The van der Waals surface area contributed by atoms with Crippen LogP contribution in [0.5, 0.6) is 0 Å². The average molecular weight is 308 g/mol. The molecule has 1 unspecified atom stereocenters. The van der Waals surface area contributed by atoms with Gasteiger partial charge in [-0.15, -0.1) is 0 Å². The summed E-state index contributed by atoms with van der Waals surface area (Å²) in [5.41, 5.74) is 0.702. The van der Waals surface area contributed by atoms with Crippen LogP contribution in [0.2, 0.25) is 0 Å². The third-order valence-electron chi connectivity index (χ3n) is 4.06. The summed E-state index contributed by atoms with van der Waals surface area (Å²) in [5.74, 6) is 0.194. The SMILES string of the molecule is CCC1CCCCN1C(=O)CCCNC(=O)c1ccsc1. The summed E-state index contributed by atoms with van der Waals surface area (Å²) >= 11 is 1.51. The number of hydrogen-bond donors (Lipinski definition) is 1. The fraction of sp³-hybridized carbons (Fsp3) is 0.625. The zero-order valence-corrected chi connectivity index (χ0v) is 13.5. The van der Waals surface area contributed by atoms with Crippen molar-refractivity contribution in [2.75, 3.05) is 13.1 Å². The van der Waals surface area contributed by atoms with Gasteiger partial charge in [-0.2, -0.15) is 11.3 Å². The summed E-state index contributed by atoms with van der Waals surface area (Å²) < 4.78 is 0. The lowest BCUT2D eigenvalue weighted by atomic mass is 9.99. The quantitative estimate of drug-likeness (QED) is 0.821. The molecule has 4 nitrogen and oxygen atoms in total. The minimum Gasteiger partial charge on any atom is -0.352 e. The Kier molecular flexibility index (Phi) is 6.23. The number of nitrogens with one attached hydrogen (secondary N) is 1. The van der Waals surface area contributed by atoms with Crippen LogP contribution in [-0.4, -0.2) is 35.8 Å². The topological polar surface area (TPSA) is 49.4 Å². The standard InChI is InChI=1S/C16H24N2O2S/c1-2-14-6-3-4-10-18(14)15(19)7-5-9-17-16(20)13-8-11-21-12-13/h8,11-12,14H,2-7,9-10H2,1H3,(H,17,20). The van der Waals surface area contributed by atoms with Crippen LogP contribution < -0.4 is 5.32 Å². The van der Waals surface area contributed by atoms with Crippen LogP contribution in [0.4, 0.5) is 0 Å². The molecule has 0 saturated carbocycles. The molecule has 2 heterocycles. The van der Waals surface area contributed by atoms with Crippen LogP contribution in [0.15, 0.2) is 16.8 Å². The van der Waals surface area contributed by atoms with Crippen LogP contribution in [0.25, 0.3) is 0 Å². The molecule has 1 atom stereocenters. The second-order valence-electron chi connectivity index (χ2n) is 5.52. The third kappa shape index (κ3) is 4.56. The lowest BCUT2D eigenvalue weighted by Crippen LogP contribution is -2.43. The zero-order chi connectivity index (χ0) is 15.1. The van der Waals surface area contributed by atoms with E-state index in [0.29, 0.717) is 31.0 Å². The molecular formula is C16H24N2O2S.